The molecule has 0 fully saturated rings. The summed E-state index contributed by atoms with van der Waals surface area (Å²) in [6.45, 7) is 8.03. The second-order valence-electron chi connectivity index (χ2n) is 8.04. The maximum absolute atomic E-state index is 15.8. The first-order valence-corrected chi connectivity index (χ1v) is 9.54. The van der Waals surface area contributed by atoms with Gasteiger partial charge in [0.25, 0.3) is 0 Å². The van der Waals surface area contributed by atoms with Crippen molar-refractivity contribution in [3.8, 4) is 11.1 Å². The van der Waals surface area contributed by atoms with Crippen molar-refractivity contribution >= 4 is 16.6 Å². The molecule has 0 aliphatic carbocycles. The summed E-state index contributed by atoms with van der Waals surface area (Å²) in [7, 11) is 0. The molecule has 0 amide bonds. The number of nitrogens with one attached hydrogen (secondary N) is 3. The molecule has 3 aromatic rings. The van der Waals surface area contributed by atoms with Gasteiger partial charge in [0.2, 0.25) is 0 Å². The van der Waals surface area contributed by atoms with Crippen LogP contribution in [0, 0.1) is 18.6 Å². The van der Waals surface area contributed by atoms with Crippen LogP contribution in [0.3, 0.4) is 0 Å². The molecule has 2 heterocycles. The van der Waals surface area contributed by atoms with Gasteiger partial charge >= 0.3 is 0 Å². The molecule has 4 nitrogen and oxygen atoms in total. The molecule has 0 saturated carbocycles. The van der Waals surface area contributed by atoms with Crippen LogP contribution in [0.4, 0.5) is 14.5 Å². The van der Waals surface area contributed by atoms with Crippen molar-refractivity contribution in [3.63, 3.8) is 0 Å². The van der Waals surface area contributed by atoms with Crippen molar-refractivity contribution in [2.24, 2.45) is 0 Å². The number of aromatic amines is 1. The smallest absolute Gasteiger partial charge is 0.140 e. The van der Waals surface area contributed by atoms with Crippen molar-refractivity contribution in [2.75, 3.05) is 11.9 Å². The topological polar surface area (TPSA) is 60.1 Å². The Balaban J connectivity index is 1.99. The molecule has 0 unspecified atom stereocenters. The first kappa shape index (κ1) is 18.9. The number of halogens is 2. The largest absolute Gasteiger partial charge is 0.389 e. The number of fused-ring (bicyclic) bond motifs is 2. The van der Waals surface area contributed by atoms with E-state index in [1.54, 1.807) is 12.1 Å². The van der Waals surface area contributed by atoms with Gasteiger partial charge in [-0.25, -0.2) is 8.78 Å². The highest BCUT2D eigenvalue weighted by molar-refractivity contribution is 5.96. The molecule has 0 spiro atoms. The third kappa shape index (κ3) is 2.71. The minimum Gasteiger partial charge on any atom is -0.389 e. The lowest BCUT2D eigenvalue weighted by atomic mass is 9.81. The highest BCUT2D eigenvalue weighted by atomic mass is 19.1. The van der Waals surface area contributed by atoms with Gasteiger partial charge in [0.15, 0.2) is 0 Å². The average molecular weight is 385 g/mol. The number of para-hydroxylation sites is 1. The summed E-state index contributed by atoms with van der Waals surface area (Å²) in [6, 6.07) is 6.13. The molecule has 0 radical (unpaired) electrons. The Bertz CT molecular complexity index is 1060. The minimum absolute atomic E-state index is 0.0807. The van der Waals surface area contributed by atoms with Crippen LogP contribution in [-0.2, 0) is 0 Å². The fourth-order valence-corrected chi connectivity index (χ4v) is 4.22. The van der Waals surface area contributed by atoms with Gasteiger partial charge in [-0.05, 0) is 38.9 Å². The van der Waals surface area contributed by atoms with E-state index < -0.39 is 29.3 Å². The molecular formula is C22H25F2N3O. The number of rotatable bonds is 3. The minimum atomic E-state index is -0.878. The molecule has 1 aromatic heterocycles. The van der Waals surface area contributed by atoms with Crippen molar-refractivity contribution < 1.29 is 13.9 Å². The van der Waals surface area contributed by atoms with E-state index in [0.29, 0.717) is 23.3 Å². The normalized spacial score (nSPS) is 20.8. The van der Waals surface area contributed by atoms with Crippen molar-refractivity contribution in [1.29, 1.82) is 0 Å². The van der Waals surface area contributed by atoms with Crippen LogP contribution < -0.4 is 10.6 Å². The van der Waals surface area contributed by atoms with E-state index in [0.717, 1.165) is 10.9 Å². The van der Waals surface area contributed by atoms with Gasteiger partial charge in [-0.3, -0.25) is 0 Å². The molecule has 148 valence electrons. The van der Waals surface area contributed by atoms with Gasteiger partial charge < -0.3 is 20.7 Å². The summed E-state index contributed by atoms with van der Waals surface area (Å²) in [6.07, 6.45) is 0.953. The molecular weight excluding hydrogens is 360 g/mol. The average Bonchev–Trinajstić information content (AvgIpc) is 3.01. The Morgan fingerprint density at radius 1 is 1.25 bits per heavy atom. The Morgan fingerprint density at radius 2 is 2.00 bits per heavy atom. The van der Waals surface area contributed by atoms with Crippen LogP contribution in [0.25, 0.3) is 22.0 Å². The second kappa shape index (κ2) is 6.57. The predicted octanol–water partition coefficient (Wildman–Crippen LogP) is 4.64. The third-order valence-corrected chi connectivity index (χ3v) is 5.69. The molecule has 4 N–H and O–H groups in total. The summed E-state index contributed by atoms with van der Waals surface area (Å²) in [4.78, 5) is 3.13. The van der Waals surface area contributed by atoms with E-state index in [1.807, 2.05) is 40.0 Å². The standard InChI is InChI=1S/C22H25F2N3O/c1-5-25-20-17-15(27-22(3,4)21(20)28)9-14(23)16(18(17)24)13-8-6-7-12-11(2)10-26-19(12)13/h6-10,20-21,25-28H,5H2,1-4H3/t20-,21+/m1/s1. The highest BCUT2D eigenvalue weighted by Gasteiger charge is 2.43. The Labute approximate surface area is 163 Å². The quantitative estimate of drug-likeness (QED) is 0.531. The summed E-state index contributed by atoms with van der Waals surface area (Å²) in [5.41, 5.74) is 2.01. The van der Waals surface area contributed by atoms with Gasteiger partial charge in [0.05, 0.1) is 28.8 Å². The van der Waals surface area contributed by atoms with Crippen molar-refractivity contribution in [2.45, 2.75) is 45.4 Å². The van der Waals surface area contributed by atoms with E-state index >= 15 is 8.78 Å². The number of H-pyrrole nitrogens is 1. The van der Waals surface area contributed by atoms with Crippen LogP contribution in [0.1, 0.15) is 37.9 Å². The summed E-state index contributed by atoms with van der Waals surface area (Å²) < 4.78 is 30.9. The van der Waals surface area contributed by atoms with Crippen LogP contribution in [0.5, 0.6) is 0 Å². The first-order chi connectivity index (χ1) is 13.3. The summed E-state index contributed by atoms with van der Waals surface area (Å²) >= 11 is 0. The van der Waals surface area contributed by atoms with Gasteiger partial charge in [0.1, 0.15) is 11.6 Å². The summed E-state index contributed by atoms with van der Waals surface area (Å²) in [5.74, 6) is -1.28. The van der Waals surface area contributed by atoms with Crippen LogP contribution in [-0.4, -0.2) is 28.3 Å². The Morgan fingerprint density at radius 3 is 2.71 bits per heavy atom. The predicted molar refractivity (Wildman–Crippen MR) is 109 cm³/mol. The number of anilines is 1. The van der Waals surface area contributed by atoms with E-state index in [4.69, 9.17) is 0 Å². The molecule has 1 aliphatic heterocycles. The molecule has 0 bridgehead atoms. The monoisotopic (exact) mass is 385 g/mol. The molecule has 0 saturated heterocycles. The van der Waals surface area contributed by atoms with Gasteiger partial charge in [0, 0.05) is 28.4 Å². The number of hydrogen-bond acceptors (Lipinski definition) is 3. The van der Waals surface area contributed by atoms with Crippen LogP contribution in [0.15, 0.2) is 30.5 Å². The summed E-state index contributed by atoms with van der Waals surface area (Å²) in [5, 5.41) is 18.0. The van der Waals surface area contributed by atoms with Gasteiger partial charge in [-0.2, -0.15) is 0 Å². The lowest BCUT2D eigenvalue weighted by Gasteiger charge is -2.44. The third-order valence-electron chi connectivity index (χ3n) is 5.69. The second-order valence-corrected chi connectivity index (χ2v) is 8.04. The van der Waals surface area contributed by atoms with E-state index in [-0.39, 0.29) is 11.1 Å². The fourth-order valence-electron chi connectivity index (χ4n) is 4.22. The maximum atomic E-state index is 15.8. The Hall–Kier alpha value is -2.44. The zero-order valence-electron chi connectivity index (χ0n) is 16.5. The number of benzene rings is 2. The maximum Gasteiger partial charge on any atom is 0.140 e. The van der Waals surface area contributed by atoms with E-state index in [1.165, 1.54) is 6.07 Å². The Kier molecular flexibility index (Phi) is 4.43. The SMILES string of the molecule is CCN[C@@H]1c2c(cc(F)c(-c3cccc4c(C)c[nH]c34)c2F)NC(C)(C)[C@H]1O. The molecule has 2 atom stereocenters. The molecule has 1 aliphatic rings. The van der Waals surface area contributed by atoms with Crippen molar-refractivity contribution in [3.05, 3.63) is 53.2 Å². The number of aliphatic hydroxyl groups excluding tert-OH is 1. The highest BCUT2D eigenvalue weighted by Crippen LogP contribution is 2.44. The molecule has 28 heavy (non-hydrogen) atoms. The van der Waals surface area contributed by atoms with E-state index in [2.05, 4.69) is 15.6 Å². The van der Waals surface area contributed by atoms with Gasteiger partial charge in [-0.1, -0.05) is 25.1 Å². The molecule has 2 aromatic carbocycles. The molecule has 4 rings (SSSR count). The zero-order valence-corrected chi connectivity index (χ0v) is 16.5. The molecule has 6 heteroatoms. The first-order valence-electron chi connectivity index (χ1n) is 9.54. The number of likely N-dealkylation sites (N-methyl/N-ethyl adjacent to an activating group) is 1. The zero-order chi connectivity index (χ0) is 20.2. The van der Waals surface area contributed by atoms with E-state index in [9.17, 15) is 5.11 Å². The van der Waals surface area contributed by atoms with Crippen LogP contribution in [0.2, 0.25) is 0 Å². The fraction of sp³-hybridized carbons (Fsp3) is 0.364. The lowest BCUT2D eigenvalue weighted by molar-refractivity contribution is 0.0677. The number of aliphatic hydroxyl groups is 1. The number of hydrogen-bond donors (Lipinski definition) is 4. The van der Waals surface area contributed by atoms with Gasteiger partial charge in [-0.15, -0.1) is 0 Å². The number of aryl methyl sites for hydroxylation is 1. The number of aromatic nitrogens is 1. The van der Waals surface area contributed by atoms with Crippen LogP contribution >= 0.6 is 0 Å². The van der Waals surface area contributed by atoms with Crippen molar-refractivity contribution in [1.82, 2.24) is 10.3 Å². The lowest BCUT2D eigenvalue weighted by Crippen LogP contribution is -2.54.